The average Bonchev–Trinajstić information content (AvgIpc) is 2.71. The van der Waals surface area contributed by atoms with Crippen LogP contribution in [0.1, 0.15) is 59.7 Å². The van der Waals surface area contributed by atoms with E-state index in [-0.39, 0.29) is 23.7 Å². The lowest BCUT2D eigenvalue weighted by atomic mass is 9.95. The molecule has 1 aliphatic rings. The first kappa shape index (κ1) is 21.0. The Morgan fingerprint density at radius 2 is 1.97 bits per heavy atom. The zero-order valence-electron chi connectivity index (χ0n) is 17.2. The minimum atomic E-state index is -0.222. The van der Waals surface area contributed by atoms with Crippen molar-refractivity contribution in [3.8, 4) is 0 Å². The SMILES string of the molecule is CC(=O)NCCC1CCCCN1C(=O)c1ccccc1Cc1ccc(C)c(F)c1. The molecule has 1 N–H and O–H groups in total. The minimum Gasteiger partial charge on any atom is -0.356 e. The molecule has 0 saturated carbocycles. The molecule has 3 rings (SSSR count). The average molecular weight is 397 g/mol. The number of rotatable bonds is 6. The highest BCUT2D eigenvalue weighted by Crippen LogP contribution is 2.24. The number of carbonyl (C=O) groups is 2. The molecule has 2 aromatic carbocycles. The smallest absolute Gasteiger partial charge is 0.254 e. The minimum absolute atomic E-state index is 0.0284. The van der Waals surface area contributed by atoms with Crippen LogP contribution in [0.5, 0.6) is 0 Å². The number of nitrogens with zero attached hydrogens (tertiary/aromatic N) is 1. The highest BCUT2D eigenvalue weighted by Gasteiger charge is 2.28. The number of amides is 2. The van der Waals surface area contributed by atoms with Gasteiger partial charge in [-0.3, -0.25) is 9.59 Å². The van der Waals surface area contributed by atoms with Crippen molar-refractivity contribution in [1.29, 1.82) is 0 Å². The third-order valence-corrected chi connectivity index (χ3v) is 5.62. The number of benzene rings is 2. The number of carbonyl (C=O) groups excluding carboxylic acids is 2. The Kier molecular flexibility index (Phi) is 7.02. The molecular formula is C24H29FN2O2. The van der Waals surface area contributed by atoms with Gasteiger partial charge in [0.15, 0.2) is 0 Å². The zero-order chi connectivity index (χ0) is 20.8. The highest BCUT2D eigenvalue weighted by molar-refractivity contribution is 5.96. The molecular weight excluding hydrogens is 367 g/mol. The van der Waals surface area contributed by atoms with E-state index in [4.69, 9.17) is 0 Å². The van der Waals surface area contributed by atoms with Crippen LogP contribution in [-0.2, 0) is 11.2 Å². The van der Waals surface area contributed by atoms with E-state index >= 15 is 0 Å². The Morgan fingerprint density at radius 3 is 2.72 bits per heavy atom. The number of likely N-dealkylation sites (tertiary alicyclic amines) is 1. The summed E-state index contributed by atoms with van der Waals surface area (Å²) in [6, 6.07) is 13.0. The van der Waals surface area contributed by atoms with E-state index in [2.05, 4.69) is 5.32 Å². The van der Waals surface area contributed by atoms with Crippen LogP contribution in [0.3, 0.4) is 0 Å². The van der Waals surface area contributed by atoms with Crippen LogP contribution in [0, 0.1) is 12.7 Å². The van der Waals surface area contributed by atoms with Crippen LogP contribution in [0.2, 0.25) is 0 Å². The molecule has 0 bridgehead atoms. The van der Waals surface area contributed by atoms with Crippen LogP contribution >= 0.6 is 0 Å². The summed E-state index contributed by atoms with van der Waals surface area (Å²) in [7, 11) is 0. The molecule has 0 radical (unpaired) electrons. The van der Waals surface area contributed by atoms with E-state index in [1.807, 2.05) is 35.2 Å². The topological polar surface area (TPSA) is 49.4 Å². The van der Waals surface area contributed by atoms with Gasteiger partial charge in [-0.2, -0.15) is 0 Å². The van der Waals surface area contributed by atoms with Gasteiger partial charge in [-0.25, -0.2) is 4.39 Å². The van der Waals surface area contributed by atoms with E-state index in [9.17, 15) is 14.0 Å². The van der Waals surface area contributed by atoms with Gasteiger partial charge in [-0.1, -0.05) is 30.3 Å². The summed E-state index contributed by atoms with van der Waals surface area (Å²) < 4.78 is 14.0. The number of halogens is 1. The van der Waals surface area contributed by atoms with Gasteiger partial charge in [0.25, 0.3) is 5.91 Å². The molecule has 29 heavy (non-hydrogen) atoms. The van der Waals surface area contributed by atoms with E-state index in [1.165, 1.54) is 6.92 Å². The maximum atomic E-state index is 14.0. The van der Waals surface area contributed by atoms with Crippen molar-refractivity contribution in [1.82, 2.24) is 10.2 Å². The van der Waals surface area contributed by atoms with Gasteiger partial charge in [-0.15, -0.1) is 0 Å². The summed E-state index contributed by atoms with van der Waals surface area (Å²) in [4.78, 5) is 26.5. The molecule has 2 amide bonds. The monoisotopic (exact) mass is 396 g/mol. The molecule has 1 aliphatic heterocycles. The molecule has 5 heteroatoms. The second-order valence-electron chi connectivity index (χ2n) is 7.84. The summed E-state index contributed by atoms with van der Waals surface area (Å²) in [5.41, 5.74) is 3.06. The van der Waals surface area contributed by atoms with E-state index < -0.39 is 0 Å². The number of hydrogen-bond acceptors (Lipinski definition) is 2. The summed E-state index contributed by atoms with van der Waals surface area (Å²) in [5.74, 6) is -0.240. The molecule has 1 fully saturated rings. The fourth-order valence-electron chi connectivity index (χ4n) is 3.99. The second kappa shape index (κ2) is 9.68. The molecule has 1 atom stereocenters. The maximum Gasteiger partial charge on any atom is 0.254 e. The highest BCUT2D eigenvalue weighted by atomic mass is 19.1. The Balaban J connectivity index is 1.78. The summed E-state index contributed by atoms with van der Waals surface area (Å²) >= 11 is 0. The Labute approximate surface area is 172 Å². The Bertz CT molecular complexity index is 881. The maximum absolute atomic E-state index is 14.0. The lowest BCUT2D eigenvalue weighted by Gasteiger charge is -2.36. The van der Waals surface area contributed by atoms with Gasteiger partial charge in [0.1, 0.15) is 5.82 Å². The van der Waals surface area contributed by atoms with Crippen molar-refractivity contribution in [3.63, 3.8) is 0 Å². The van der Waals surface area contributed by atoms with Crippen LogP contribution in [-0.4, -0.2) is 35.8 Å². The van der Waals surface area contributed by atoms with Crippen molar-refractivity contribution in [2.45, 2.75) is 52.0 Å². The molecule has 154 valence electrons. The van der Waals surface area contributed by atoms with Crippen LogP contribution < -0.4 is 5.32 Å². The predicted molar refractivity (Wildman–Crippen MR) is 112 cm³/mol. The largest absolute Gasteiger partial charge is 0.356 e. The first-order valence-corrected chi connectivity index (χ1v) is 10.3. The first-order chi connectivity index (χ1) is 14.0. The third-order valence-electron chi connectivity index (χ3n) is 5.62. The number of aryl methyl sites for hydroxylation is 1. The predicted octanol–water partition coefficient (Wildman–Crippen LogP) is 4.25. The molecule has 1 saturated heterocycles. The van der Waals surface area contributed by atoms with E-state index in [0.29, 0.717) is 24.1 Å². The molecule has 2 aromatic rings. The molecule has 0 spiro atoms. The number of nitrogens with one attached hydrogen (secondary N) is 1. The van der Waals surface area contributed by atoms with Gasteiger partial charge in [-0.05, 0) is 67.9 Å². The summed E-state index contributed by atoms with van der Waals surface area (Å²) in [6.45, 7) is 4.56. The Morgan fingerprint density at radius 1 is 1.17 bits per heavy atom. The fraction of sp³-hybridized carbons (Fsp3) is 0.417. The van der Waals surface area contributed by atoms with E-state index in [1.54, 1.807) is 19.1 Å². The lowest BCUT2D eigenvalue weighted by molar-refractivity contribution is -0.119. The first-order valence-electron chi connectivity index (χ1n) is 10.3. The molecule has 0 aliphatic carbocycles. The third kappa shape index (κ3) is 5.43. The van der Waals surface area contributed by atoms with Crippen molar-refractivity contribution in [2.75, 3.05) is 13.1 Å². The molecule has 1 unspecified atom stereocenters. The Hall–Kier alpha value is -2.69. The van der Waals surface area contributed by atoms with Crippen molar-refractivity contribution < 1.29 is 14.0 Å². The van der Waals surface area contributed by atoms with Crippen LogP contribution in [0.4, 0.5) is 4.39 Å². The van der Waals surface area contributed by atoms with Gasteiger partial charge < -0.3 is 10.2 Å². The normalized spacial score (nSPS) is 16.5. The standard InChI is InChI=1S/C24H29FN2O2/c1-17-10-11-19(16-23(17)25)15-20-7-3-4-9-22(20)24(29)27-14-6-5-8-21(27)12-13-26-18(2)28/h3-4,7,9-11,16,21H,5-6,8,12-15H2,1-2H3,(H,26,28). The van der Waals surface area contributed by atoms with Gasteiger partial charge in [0.05, 0.1) is 0 Å². The van der Waals surface area contributed by atoms with Gasteiger partial charge >= 0.3 is 0 Å². The van der Waals surface area contributed by atoms with Crippen LogP contribution in [0.15, 0.2) is 42.5 Å². The van der Waals surface area contributed by atoms with Gasteiger partial charge in [0.2, 0.25) is 5.91 Å². The summed E-state index contributed by atoms with van der Waals surface area (Å²) in [5, 5.41) is 2.83. The number of hydrogen-bond donors (Lipinski definition) is 1. The second-order valence-corrected chi connectivity index (χ2v) is 7.84. The van der Waals surface area contributed by atoms with E-state index in [0.717, 1.165) is 43.4 Å². The van der Waals surface area contributed by atoms with Gasteiger partial charge in [0, 0.05) is 31.6 Å². The molecule has 0 aromatic heterocycles. The van der Waals surface area contributed by atoms with Crippen molar-refractivity contribution in [2.24, 2.45) is 0 Å². The number of piperidine rings is 1. The van der Waals surface area contributed by atoms with Crippen molar-refractivity contribution in [3.05, 3.63) is 70.5 Å². The quantitative estimate of drug-likeness (QED) is 0.794. The fourth-order valence-corrected chi connectivity index (χ4v) is 3.99. The molecule has 4 nitrogen and oxygen atoms in total. The lowest BCUT2D eigenvalue weighted by Crippen LogP contribution is -2.45. The summed E-state index contributed by atoms with van der Waals surface area (Å²) in [6.07, 6.45) is 4.32. The van der Waals surface area contributed by atoms with Crippen LogP contribution in [0.25, 0.3) is 0 Å². The zero-order valence-corrected chi connectivity index (χ0v) is 17.2. The molecule has 1 heterocycles. The van der Waals surface area contributed by atoms with Crippen molar-refractivity contribution >= 4 is 11.8 Å².